The second-order valence-corrected chi connectivity index (χ2v) is 5.72. The van der Waals surface area contributed by atoms with E-state index in [-0.39, 0.29) is 0 Å². The largest absolute Gasteiger partial charge is 0.496 e. The molecule has 0 amide bonds. The molecule has 0 radical (unpaired) electrons. The molecule has 3 rings (SSSR count). The maximum absolute atomic E-state index is 5.59. The highest BCUT2D eigenvalue weighted by Crippen LogP contribution is 2.28. The van der Waals surface area contributed by atoms with Crippen molar-refractivity contribution in [3.63, 3.8) is 0 Å². The van der Waals surface area contributed by atoms with Crippen LogP contribution in [0.15, 0.2) is 66.7 Å². The van der Waals surface area contributed by atoms with E-state index in [1.165, 1.54) is 21.9 Å². The number of hydrogen-bond donors (Lipinski definition) is 1. The summed E-state index contributed by atoms with van der Waals surface area (Å²) in [5, 5.41) is 6.19. The lowest BCUT2D eigenvalue weighted by Gasteiger charge is -2.19. The summed E-state index contributed by atoms with van der Waals surface area (Å²) in [5.74, 6) is 0.944. The van der Waals surface area contributed by atoms with Gasteiger partial charge >= 0.3 is 0 Å². The van der Waals surface area contributed by atoms with E-state index in [9.17, 15) is 0 Å². The summed E-state index contributed by atoms with van der Waals surface area (Å²) in [5.41, 5.74) is 2.55. The minimum absolute atomic E-state index is 0.347. The molecule has 0 saturated carbocycles. The predicted octanol–water partition coefficient (Wildman–Crippen LogP) is 5.09. The van der Waals surface area contributed by atoms with E-state index in [0.717, 1.165) is 18.7 Å². The maximum atomic E-state index is 5.59. The zero-order chi connectivity index (χ0) is 16.1. The Morgan fingerprint density at radius 3 is 2.39 bits per heavy atom. The van der Waals surface area contributed by atoms with Gasteiger partial charge in [0, 0.05) is 18.2 Å². The highest BCUT2D eigenvalue weighted by molar-refractivity contribution is 5.87. The van der Waals surface area contributed by atoms with Crippen LogP contribution in [0, 0.1) is 0 Å². The minimum atomic E-state index is 0.347. The Hall–Kier alpha value is -2.32. The Balaban J connectivity index is 1.88. The van der Waals surface area contributed by atoms with Crippen LogP contribution in [-0.2, 0) is 6.54 Å². The molecule has 2 heteroatoms. The van der Waals surface area contributed by atoms with Gasteiger partial charge in [-0.3, -0.25) is 0 Å². The van der Waals surface area contributed by atoms with Crippen molar-refractivity contribution in [2.45, 2.75) is 25.9 Å². The monoisotopic (exact) mass is 305 g/mol. The van der Waals surface area contributed by atoms with Crippen molar-refractivity contribution >= 4 is 10.8 Å². The van der Waals surface area contributed by atoms with Crippen LogP contribution < -0.4 is 10.1 Å². The van der Waals surface area contributed by atoms with Crippen molar-refractivity contribution in [3.8, 4) is 5.75 Å². The highest BCUT2D eigenvalue weighted by Gasteiger charge is 2.12. The normalized spacial score (nSPS) is 12.3. The van der Waals surface area contributed by atoms with Crippen LogP contribution in [0.1, 0.15) is 30.5 Å². The second-order valence-electron chi connectivity index (χ2n) is 5.72. The maximum Gasteiger partial charge on any atom is 0.123 e. The van der Waals surface area contributed by atoms with E-state index in [1.54, 1.807) is 7.11 Å². The fourth-order valence-corrected chi connectivity index (χ4v) is 3.10. The molecule has 1 unspecified atom stereocenters. The molecule has 0 aliphatic carbocycles. The van der Waals surface area contributed by atoms with Crippen LogP contribution in [0.3, 0.4) is 0 Å². The molecule has 0 fully saturated rings. The van der Waals surface area contributed by atoms with Crippen molar-refractivity contribution < 1.29 is 4.74 Å². The predicted molar refractivity (Wildman–Crippen MR) is 96.8 cm³/mol. The van der Waals surface area contributed by atoms with E-state index < -0.39 is 0 Å². The third kappa shape index (κ3) is 3.38. The first-order valence-corrected chi connectivity index (χ1v) is 8.16. The molecule has 0 bridgehead atoms. The standard InChI is InChI=1S/C21H23NO/c1-3-20(17-10-5-4-6-11-17)22-15-19-18-12-8-7-9-16(18)13-14-21(19)23-2/h4-14,20,22H,3,15H2,1-2H3. The first-order valence-electron chi connectivity index (χ1n) is 8.16. The van der Waals surface area contributed by atoms with Gasteiger partial charge in [0.15, 0.2) is 0 Å². The number of rotatable bonds is 6. The Labute approximate surface area is 138 Å². The molecule has 2 nitrogen and oxygen atoms in total. The van der Waals surface area contributed by atoms with E-state index in [4.69, 9.17) is 4.74 Å². The number of benzene rings is 3. The molecule has 3 aromatic carbocycles. The van der Waals surface area contributed by atoms with E-state index in [1.807, 2.05) is 0 Å². The zero-order valence-electron chi connectivity index (χ0n) is 13.8. The summed E-state index contributed by atoms with van der Waals surface area (Å²) in [6, 6.07) is 23.6. The van der Waals surface area contributed by atoms with Gasteiger partial charge in [0.1, 0.15) is 5.75 Å². The molecule has 1 N–H and O–H groups in total. The zero-order valence-corrected chi connectivity index (χ0v) is 13.8. The van der Waals surface area contributed by atoms with Crippen molar-refractivity contribution in [3.05, 3.63) is 77.9 Å². The van der Waals surface area contributed by atoms with Crippen LogP contribution in [0.4, 0.5) is 0 Å². The van der Waals surface area contributed by atoms with E-state index in [2.05, 4.69) is 79.0 Å². The van der Waals surface area contributed by atoms with Gasteiger partial charge in [0.25, 0.3) is 0 Å². The van der Waals surface area contributed by atoms with Gasteiger partial charge in [-0.25, -0.2) is 0 Å². The minimum Gasteiger partial charge on any atom is -0.496 e. The third-order valence-corrected chi connectivity index (χ3v) is 4.35. The Kier molecular flexibility index (Phi) is 4.94. The topological polar surface area (TPSA) is 21.3 Å². The summed E-state index contributed by atoms with van der Waals surface area (Å²) in [7, 11) is 1.74. The van der Waals surface area contributed by atoms with Crippen LogP contribution in [0.2, 0.25) is 0 Å². The van der Waals surface area contributed by atoms with Crippen molar-refractivity contribution in [1.82, 2.24) is 5.32 Å². The smallest absolute Gasteiger partial charge is 0.123 e. The molecule has 1 atom stereocenters. The van der Waals surface area contributed by atoms with E-state index in [0.29, 0.717) is 6.04 Å². The average Bonchev–Trinajstić information content (AvgIpc) is 2.63. The lowest BCUT2D eigenvalue weighted by atomic mass is 10.0. The van der Waals surface area contributed by atoms with Crippen LogP contribution in [-0.4, -0.2) is 7.11 Å². The van der Waals surface area contributed by atoms with Crippen LogP contribution in [0.25, 0.3) is 10.8 Å². The lowest BCUT2D eigenvalue weighted by molar-refractivity contribution is 0.406. The molecular weight excluding hydrogens is 282 g/mol. The van der Waals surface area contributed by atoms with Crippen molar-refractivity contribution in [1.29, 1.82) is 0 Å². The number of fused-ring (bicyclic) bond motifs is 1. The first-order chi connectivity index (χ1) is 11.3. The van der Waals surface area contributed by atoms with Crippen LogP contribution in [0.5, 0.6) is 5.75 Å². The molecular formula is C21H23NO. The molecule has 0 aliphatic rings. The molecule has 0 heterocycles. The quantitative estimate of drug-likeness (QED) is 0.685. The molecule has 23 heavy (non-hydrogen) atoms. The molecule has 118 valence electrons. The van der Waals surface area contributed by atoms with Gasteiger partial charge in [-0.05, 0) is 28.8 Å². The molecule has 0 aromatic heterocycles. The Morgan fingerprint density at radius 2 is 1.65 bits per heavy atom. The third-order valence-electron chi connectivity index (χ3n) is 4.35. The number of nitrogens with one attached hydrogen (secondary N) is 1. The average molecular weight is 305 g/mol. The molecule has 0 saturated heterocycles. The highest BCUT2D eigenvalue weighted by atomic mass is 16.5. The summed E-state index contributed by atoms with van der Waals surface area (Å²) >= 11 is 0. The van der Waals surface area contributed by atoms with Gasteiger partial charge in [-0.1, -0.05) is 67.6 Å². The van der Waals surface area contributed by atoms with Gasteiger partial charge in [-0.15, -0.1) is 0 Å². The summed E-state index contributed by atoms with van der Waals surface area (Å²) in [6.45, 7) is 3.00. The molecule has 0 spiro atoms. The number of ether oxygens (including phenoxy) is 1. The Bertz CT molecular complexity index is 767. The number of hydrogen-bond acceptors (Lipinski definition) is 2. The van der Waals surface area contributed by atoms with Gasteiger partial charge < -0.3 is 10.1 Å². The summed E-state index contributed by atoms with van der Waals surface area (Å²) < 4.78 is 5.59. The fraction of sp³-hybridized carbons (Fsp3) is 0.238. The second kappa shape index (κ2) is 7.30. The first kappa shape index (κ1) is 15.6. The van der Waals surface area contributed by atoms with Crippen LogP contribution >= 0.6 is 0 Å². The summed E-state index contributed by atoms with van der Waals surface area (Å²) in [6.07, 6.45) is 1.05. The van der Waals surface area contributed by atoms with E-state index >= 15 is 0 Å². The summed E-state index contributed by atoms with van der Waals surface area (Å²) in [4.78, 5) is 0. The fourth-order valence-electron chi connectivity index (χ4n) is 3.10. The Morgan fingerprint density at radius 1 is 0.913 bits per heavy atom. The molecule has 3 aromatic rings. The SMILES string of the molecule is CCC(NCc1c(OC)ccc2ccccc12)c1ccccc1. The van der Waals surface area contributed by atoms with Gasteiger partial charge in [0.05, 0.1) is 7.11 Å². The van der Waals surface area contributed by atoms with Gasteiger partial charge in [0.2, 0.25) is 0 Å². The molecule has 0 aliphatic heterocycles. The van der Waals surface area contributed by atoms with Gasteiger partial charge in [-0.2, -0.15) is 0 Å². The van der Waals surface area contributed by atoms with Crippen molar-refractivity contribution in [2.75, 3.05) is 7.11 Å². The lowest BCUT2D eigenvalue weighted by Crippen LogP contribution is -2.20. The van der Waals surface area contributed by atoms with Crippen molar-refractivity contribution in [2.24, 2.45) is 0 Å². The number of methoxy groups -OCH3 is 1.